The predicted molar refractivity (Wildman–Crippen MR) is 130 cm³/mol. The van der Waals surface area contributed by atoms with E-state index in [4.69, 9.17) is 4.98 Å². The molecule has 0 bridgehead atoms. The summed E-state index contributed by atoms with van der Waals surface area (Å²) in [6.45, 7) is 5.89. The zero-order chi connectivity index (χ0) is 23.0. The van der Waals surface area contributed by atoms with E-state index in [9.17, 15) is 8.42 Å². The lowest BCUT2D eigenvalue weighted by Gasteiger charge is -2.35. The van der Waals surface area contributed by atoms with E-state index in [0.717, 1.165) is 22.5 Å². The Morgan fingerprint density at radius 3 is 2.33 bits per heavy atom. The molecule has 0 aliphatic carbocycles. The topological polar surface area (TPSA) is 79.3 Å². The first-order chi connectivity index (χ1) is 15.9. The van der Waals surface area contributed by atoms with Crippen LogP contribution in [0.5, 0.6) is 0 Å². The van der Waals surface area contributed by atoms with Crippen molar-refractivity contribution in [1.82, 2.24) is 19.3 Å². The van der Waals surface area contributed by atoms with Gasteiger partial charge in [-0.3, -0.25) is 4.98 Å². The predicted octanol–water partition coefficient (Wildman–Crippen LogP) is 3.82. The van der Waals surface area contributed by atoms with E-state index in [-0.39, 0.29) is 4.90 Å². The molecule has 3 heterocycles. The van der Waals surface area contributed by atoms with Gasteiger partial charge < -0.3 is 4.90 Å². The van der Waals surface area contributed by atoms with Crippen LogP contribution in [-0.4, -0.2) is 53.9 Å². The molecule has 1 fully saturated rings. The number of fused-ring (bicyclic) bond motifs is 1. The van der Waals surface area contributed by atoms with Crippen molar-refractivity contribution in [3.63, 3.8) is 0 Å². The summed E-state index contributed by atoms with van der Waals surface area (Å²) in [6.07, 6.45) is 1.63. The van der Waals surface area contributed by atoms with Gasteiger partial charge >= 0.3 is 0 Å². The molecule has 4 aromatic rings. The second-order valence-corrected chi connectivity index (χ2v) is 10.2. The third-order valence-corrected chi connectivity index (χ3v) is 7.86. The summed E-state index contributed by atoms with van der Waals surface area (Å²) in [4.78, 5) is 16.1. The number of para-hydroxylation sites is 1. The normalized spacial score (nSPS) is 15.2. The lowest BCUT2D eigenvalue weighted by Crippen LogP contribution is -2.49. The van der Waals surface area contributed by atoms with E-state index in [1.54, 1.807) is 22.6 Å². The molecule has 1 saturated heterocycles. The number of sulfonamides is 1. The van der Waals surface area contributed by atoms with Gasteiger partial charge in [0.15, 0.2) is 5.82 Å². The van der Waals surface area contributed by atoms with Gasteiger partial charge in [0.1, 0.15) is 10.7 Å². The minimum absolute atomic E-state index is 0.258. The van der Waals surface area contributed by atoms with Gasteiger partial charge in [0.05, 0.1) is 5.52 Å². The minimum Gasteiger partial charge on any atom is -0.354 e. The average Bonchev–Trinajstić information content (AvgIpc) is 2.84. The Labute approximate surface area is 193 Å². The molecular weight excluding hydrogens is 434 g/mol. The van der Waals surface area contributed by atoms with E-state index >= 15 is 0 Å². The first-order valence-electron chi connectivity index (χ1n) is 10.9. The largest absolute Gasteiger partial charge is 0.354 e. The molecule has 2 aromatic carbocycles. The van der Waals surface area contributed by atoms with Crippen LogP contribution in [0.1, 0.15) is 11.3 Å². The molecule has 5 rings (SSSR count). The first kappa shape index (κ1) is 21.5. The Hall–Kier alpha value is -3.36. The van der Waals surface area contributed by atoms with Gasteiger partial charge in [0.2, 0.25) is 10.0 Å². The number of pyridine rings is 1. The maximum atomic E-state index is 13.4. The zero-order valence-corrected chi connectivity index (χ0v) is 19.5. The number of hydrogen-bond donors (Lipinski definition) is 0. The van der Waals surface area contributed by atoms with Crippen molar-refractivity contribution >= 4 is 26.7 Å². The van der Waals surface area contributed by atoms with Crippen LogP contribution < -0.4 is 4.90 Å². The standard InChI is InChI=1S/C25H25N5O2S/c1-18-8-10-21(11-9-18)25-27-19(2)17-23(28-25)29-13-15-30(16-14-29)33(31,32)22-7-3-5-20-6-4-12-26-24(20)22/h3-12,17H,13-16H2,1-2H3. The highest BCUT2D eigenvalue weighted by molar-refractivity contribution is 7.89. The van der Waals surface area contributed by atoms with Crippen molar-refractivity contribution in [3.8, 4) is 11.4 Å². The first-order valence-corrected chi connectivity index (χ1v) is 12.4. The molecular formula is C25H25N5O2S. The molecule has 1 aliphatic heterocycles. The Morgan fingerprint density at radius 1 is 0.848 bits per heavy atom. The Balaban J connectivity index is 1.37. The molecule has 0 N–H and O–H groups in total. The molecule has 33 heavy (non-hydrogen) atoms. The van der Waals surface area contributed by atoms with Gasteiger partial charge in [0, 0.05) is 55.1 Å². The summed E-state index contributed by atoms with van der Waals surface area (Å²) < 4.78 is 28.4. The summed E-state index contributed by atoms with van der Waals surface area (Å²) in [5.74, 6) is 1.50. The molecule has 1 aliphatic rings. The summed E-state index contributed by atoms with van der Waals surface area (Å²) in [5, 5.41) is 0.817. The van der Waals surface area contributed by atoms with E-state index in [2.05, 4.69) is 14.9 Å². The third-order valence-electron chi connectivity index (χ3n) is 5.93. The van der Waals surface area contributed by atoms with Crippen LogP contribution in [0.15, 0.2) is 71.8 Å². The second-order valence-electron chi connectivity index (χ2n) is 8.28. The quantitative estimate of drug-likeness (QED) is 0.462. The molecule has 8 heteroatoms. The number of aromatic nitrogens is 3. The van der Waals surface area contributed by atoms with Crippen molar-refractivity contribution in [2.75, 3.05) is 31.1 Å². The third kappa shape index (κ3) is 4.19. The van der Waals surface area contributed by atoms with Crippen molar-refractivity contribution in [2.45, 2.75) is 18.7 Å². The number of anilines is 1. The van der Waals surface area contributed by atoms with Crippen LogP contribution in [-0.2, 0) is 10.0 Å². The molecule has 0 spiro atoms. The van der Waals surface area contributed by atoms with Crippen LogP contribution in [0.2, 0.25) is 0 Å². The van der Waals surface area contributed by atoms with E-state index < -0.39 is 10.0 Å². The van der Waals surface area contributed by atoms with E-state index in [1.165, 1.54) is 5.56 Å². The lowest BCUT2D eigenvalue weighted by molar-refractivity contribution is 0.384. The average molecular weight is 460 g/mol. The SMILES string of the molecule is Cc1ccc(-c2nc(C)cc(N3CCN(S(=O)(=O)c4cccc5cccnc45)CC3)n2)cc1. The van der Waals surface area contributed by atoms with Crippen molar-refractivity contribution in [1.29, 1.82) is 0 Å². The van der Waals surface area contributed by atoms with E-state index in [0.29, 0.717) is 37.5 Å². The van der Waals surface area contributed by atoms with Crippen LogP contribution in [0, 0.1) is 13.8 Å². The second kappa shape index (κ2) is 8.53. The highest BCUT2D eigenvalue weighted by Crippen LogP contribution is 2.26. The summed E-state index contributed by atoms with van der Waals surface area (Å²) >= 11 is 0. The number of nitrogens with zero attached hydrogens (tertiary/aromatic N) is 5. The number of rotatable bonds is 4. The van der Waals surface area contributed by atoms with Gasteiger partial charge in [-0.1, -0.05) is 48.0 Å². The number of aryl methyl sites for hydroxylation is 2. The fraction of sp³-hybridized carbons (Fsp3) is 0.240. The molecule has 2 aromatic heterocycles. The Kier molecular flexibility index (Phi) is 5.55. The Bertz CT molecular complexity index is 1410. The summed E-state index contributed by atoms with van der Waals surface area (Å²) in [6, 6.07) is 19.1. The van der Waals surface area contributed by atoms with Crippen LogP contribution in [0.3, 0.4) is 0 Å². The fourth-order valence-electron chi connectivity index (χ4n) is 4.13. The van der Waals surface area contributed by atoms with E-state index in [1.807, 2.05) is 62.4 Å². The van der Waals surface area contributed by atoms with Crippen LogP contribution in [0.25, 0.3) is 22.3 Å². The van der Waals surface area contributed by atoms with Gasteiger partial charge in [0.25, 0.3) is 0 Å². The van der Waals surface area contributed by atoms with Gasteiger partial charge in [-0.15, -0.1) is 0 Å². The van der Waals surface area contributed by atoms with Gasteiger partial charge in [-0.2, -0.15) is 4.31 Å². The minimum atomic E-state index is -3.65. The number of hydrogen-bond acceptors (Lipinski definition) is 6. The van der Waals surface area contributed by atoms with Crippen LogP contribution in [0.4, 0.5) is 5.82 Å². The van der Waals surface area contributed by atoms with Crippen molar-refractivity contribution in [2.24, 2.45) is 0 Å². The van der Waals surface area contributed by atoms with Crippen molar-refractivity contribution < 1.29 is 8.42 Å². The molecule has 0 amide bonds. The lowest BCUT2D eigenvalue weighted by atomic mass is 10.1. The monoisotopic (exact) mass is 459 g/mol. The molecule has 0 saturated carbocycles. The highest BCUT2D eigenvalue weighted by atomic mass is 32.2. The number of benzene rings is 2. The summed E-state index contributed by atoms with van der Waals surface area (Å²) in [5.41, 5.74) is 3.55. The smallest absolute Gasteiger partial charge is 0.245 e. The van der Waals surface area contributed by atoms with Gasteiger partial charge in [-0.25, -0.2) is 18.4 Å². The van der Waals surface area contributed by atoms with Gasteiger partial charge in [-0.05, 0) is 26.0 Å². The molecule has 0 radical (unpaired) electrons. The molecule has 7 nitrogen and oxygen atoms in total. The molecule has 0 unspecified atom stereocenters. The zero-order valence-electron chi connectivity index (χ0n) is 18.6. The Morgan fingerprint density at radius 2 is 1.58 bits per heavy atom. The number of piperazine rings is 1. The van der Waals surface area contributed by atoms with Crippen LogP contribution >= 0.6 is 0 Å². The maximum absolute atomic E-state index is 13.4. The van der Waals surface area contributed by atoms with Crippen molar-refractivity contribution in [3.05, 3.63) is 78.1 Å². The fourth-order valence-corrected chi connectivity index (χ4v) is 5.71. The molecule has 0 atom stereocenters. The maximum Gasteiger partial charge on any atom is 0.245 e. The molecule has 168 valence electrons. The summed E-state index contributed by atoms with van der Waals surface area (Å²) in [7, 11) is -3.65. The highest BCUT2D eigenvalue weighted by Gasteiger charge is 2.30.